The van der Waals surface area contributed by atoms with E-state index >= 15 is 0 Å². The molecule has 0 unspecified atom stereocenters. The van der Waals surface area contributed by atoms with Gasteiger partial charge in [0.2, 0.25) is 0 Å². The molecule has 28 heavy (non-hydrogen) atoms. The van der Waals surface area contributed by atoms with Crippen LogP contribution in [0, 0.1) is 0 Å². The molecule has 0 atom stereocenters. The van der Waals surface area contributed by atoms with E-state index in [2.05, 4.69) is 36.4 Å². The highest BCUT2D eigenvalue weighted by atomic mass is 16.5. The van der Waals surface area contributed by atoms with Gasteiger partial charge < -0.3 is 14.2 Å². The summed E-state index contributed by atoms with van der Waals surface area (Å²) in [5.41, 5.74) is 4.32. The van der Waals surface area contributed by atoms with E-state index < -0.39 is 0 Å². The molecule has 0 radical (unpaired) electrons. The summed E-state index contributed by atoms with van der Waals surface area (Å²) in [5, 5.41) is 0. The molecule has 0 aromatic heterocycles. The molecular weight excluding hydrogens is 348 g/mol. The van der Waals surface area contributed by atoms with Crippen molar-refractivity contribution in [1.29, 1.82) is 0 Å². The van der Waals surface area contributed by atoms with Crippen LogP contribution in [0.5, 0.6) is 17.2 Å². The van der Waals surface area contributed by atoms with Gasteiger partial charge in [0.1, 0.15) is 17.2 Å². The van der Waals surface area contributed by atoms with Crippen LogP contribution >= 0.6 is 0 Å². The van der Waals surface area contributed by atoms with E-state index in [1.165, 1.54) is 0 Å². The summed E-state index contributed by atoms with van der Waals surface area (Å²) in [5.74, 6) is 2.54. The Bertz CT molecular complexity index is 952. The molecule has 3 aromatic rings. The van der Waals surface area contributed by atoms with Gasteiger partial charge in [-0.25, -0.2) is 0 Å². The summed E-state index contributed by atoms with van der Waals surface area (Å²) in [4.78, 5) is 0. The van der Waals surface area contributed by atoms with E-state index in [4.69, 9.17) is 14.2 Å². The minimum Gasteiger partial charge on any atom is -0.497 e. The van der Waals surface area contributed by atoms with Gasteiger partial charge in [0.15, 0.2) is 0 Å². The smallest absolute Gasteiger partial charge is 0.126 e. The second kappa shape index (κ2) is 9.47. The van der Waals surface area contributed by atoms with E-state index in [0.29, 0.717) is 0 Å². The Morgan fingerprint density at radius 2 is 0.964 bits per heavy atom. The topological polar surface area (TPSA) is 27.7 Å². The van der Waals surface area contributed by atoms with Gasteiger partial charge in [-0.05, 0) is 47.0 Å². The van der Waals surface area contributed by atoms with Gasteiger partial charge in [0.05, 0.1) is 21.3 Å². The third kappa shape index (κ3) is 5.04. The van der Waals surface area contributed by atoms with Crippen molar-refractivity contribution in [2.45, 2.75) is 0 Å². The Morgan fingerprint density at radius 3 is 1.46 bits per heavy atom. The van der Waals surface area contributed by atoms with Crippen molar-refractivity contribution >= 4 is 24.3 Å². The van der Waals surface area contributed by atoms with Crippen LogP contribution in [0.1, 0.15) is 22.3 Å². The normalized spacial score (nSPS) is 11.1. The van der Waals surface area contributed by atoms with E-state index in [9.17, 15) is 0 Å². The zero-order valence-corrected chi connectivity index (χ0v) is 16.4. The number of hydrogen-bond acceptors (Lipinski definition) is 3. The molecule has 142 valence electrons. The maximum absolute atomic E-state index is 5.57. The molecule has 0 amide bonds. The minimum atomic E-state index is 0.835. The van der Waals surface area contributed by atoms with Crippen LogP contribution in [0.15, 0.2) is 66.7 Å². The molecule has 0 fully saturated rings. The molecule has 3 rings (SSSR count). The number of ether oxygens (including phenoxy) is 3. The molecular formula is C25H24O3. The van der Waals surface area contributed by atoms with E-state index in [1.807, 2.05) is 54.6 Å². The average molecular weight is 372 g/mol. The fraction of sp³-hybridized carbons (Fsp3) is 0.120. The van der Waals surface area contributed by atoms with Gasteiger partial charge >= 0.3 is 0 Å². The molecule has 3 heteroatoms. The van der Waals surface area contributed by atoms with Crippen molar-refractivity contribution < 1.29 is 14.2 Å². The summed E-state index contributed by atoms with van der Waals surface area (Å²) in [6.45, 7) is 0. The Hall–Kier alpha value is -3.46. The molecule has 3 nitrogen and oxygen atoms in total. The van der Waals surface area contributed by atoms with Gasteiger partial charge in [-0.3, -0.25) is 0 Å². The Labute approximate surface area is 166 Å². The maximum atomic E-state index is 5.57. The molecule has 0 saturated carbocycles. The van der Waals surface area contributed by atoms with Crippen molar-refractivity contribution in [3.63, 3.8) is 0 Å². The highest BCUT2D eigenvalue weighted by Crippen LogP contribution is 2.24. The molecule has 0 aliphatic rings. The lowest BCUT2D eigenvalue weighted by molar-refractivity contribution is 0.414. The Balaban J connectivity index is 1.75. The summed E-state index contributed by atoms with van der Waals surface area (Å²) >= 11 is 0. The van der Waals surface area contributed by atoms with Crippen LogP contribution in [0.4, 0.5) is 0 Å². The number of benzene rings is 3. The Morgan fingerprint density at radius 1 is 0.500 bits per heavy atom. The van der Waals surface area contributed by atoms with Crippen LogP contribution < -0.4 is 14.2 Å². The van der Waals surface area contributed by atoms with Gasteiger partial charge in [0.25, 0.3) is 0 Å². The average Bonchev–Trinajstić information content (AvgIpc) is 2.77. The number of methoxy groups -OCH3 is 3. The Kier molecular flexibility index (Phi) is 6.53. The van der Waals surface area contributed by atoms with Gasteiger partial charge in [0, 0.05) is 5.56 Å². The lowest BCUT2D eigenvalue weighted by Gasteiger charge is -2.06. The predicted molar refractivity (Wildman–Crippen MR) is 117 cm³/mol. The third-order valence-corrected chi connectivity index (χ3v) is 4.41. The predicted octanol–water partition coefficient (Wildman–Crippen LogP) is 6.05. The van der Waals surface area contributed by atoms with Crippen LogP contribution in [0.2, 0.25) is 0 Å². The molecule has 0 heterocycles. The summed E-state index contributed by atoms with van der Waals surface area (Å²) in [7, 11) is 5.03. The second-order valence-corrected chi connectivity index (χ2v) is 6.21. The molecule has 0 aliphatic heterocycles. The van der Waals surface area contributed by atoms with Gasteiger partial charge in [-0.2, -0.15) is 0 Å². The van der Waals surface area contributed by atoms with Gasteiger partial charge in [-0.15, -0.1) is 0 Å². The second-order valence-electron chi connectivity index (χ2n) is 6.21. The van der Waals surface area contributed by atoms with Crippen molar-refractivity contribution in [1.82, 2.24) is 0 Å². The standard InChI is InChI=1S/C25H24O3/c1-26-23-14-8-19(9-15-23)4-5-21-7-13-22(25(18-21)28-3)12-6-20-10-16-24(27-2)17-11-20/h4-18H,1-3H3/b5-4+,12-6+. The molecule has 0 aliphatic carbocycles. The molecule has 3 aromatic carbocycles. The van der Waals surface area contributed by atoms with E-state index in [1.54, 1.807) is 21.3 Å². The first-order valence-corrected chi connectivity index (χ1v) is 9.04. The lowest BCUT2D eigenvalue weighted by atomic mass is 10.1. The fourth-order valence-electron chi connectivity index (χ4n) is 2.78. The van der Waals surface area contributed by atoms with Crippen LogP contribution in [-0.4, -0.2) is 21.3 Å². The van der Waals surface area contributed by atoms with Crippen molar-refractivity contribution in [3.8, 4) is 17.2 Å². The quantitative estimate of drug-likeness (QED) is 0.472. The zero-order valence-electron chi connectivity index (χ0n) is 16.4. The monoisotopic (exact) mass is 372 g/mol. The first-order chi connectivity index (χ1) is 13.7. The molecule has 0 bridgehead atoms. The summed E-state index contributed by atoms with van der Waals surface area (Å²) in [6, 6.07) is 22.1. The SMILES string of the molecule is COc1ccc(/C=C/c2ccc(/C=C/c3ccc(OC)cc3)c(OC)c2)cc1. The third-order valence-electron chi connectivity index (χ3n) is 4.41. The van der Waals surface area contributed by atoms with Crippen LogP contribution in [-0.2, 0) is 0 Å². The van der Waals surface area contributed by atoms with Crippen molar-refractivity contribution in [3.05, 3.63) is 89.0 Å². The lowest BCUT2D eigenvalue weighted by Crippen LogP contribution is -1.88. The molecule has 0 N–H and O–H groups in total. The zero-order chi connectivity index (χ0) is 19.8. The van der Waals surface area contributed by atoms with Gasteiger partial charge in [-0.1, -0.05) is 60.7 Å². The van der Waals surface area contributed by atoms with E-state index in [-0.39, 0.29) is 0 Å². The first kappa shape index (κ1) is 19.3. The summed E-state index contributed by atoms with van der Waals surface area (Å²) < 4.78 is 16.0. The molecule has 0 spiro atoms. The number of rotatable bonds is 7. The highest BCUT2D eigenvalue weighted by molar-refractivity contribution is 5.76. The van der Waals surface area contributed by atoms with Crippen molar-refractivity contribution in [2.24, 2.45) is 0 Å². The first-order valence-electron chi connectivity index (χ1n) is 9.04. The fourth-order valence-corrected chi connectivity index (χ4v) is 2.78. The van der Waals surface area contributed by atoms with E-state index in [0.717, 1.165) is 39.5 Å². The van der Waals surface area contributed by atoms with Crippen molar-refractivity contribution in [2.75, 3.05) is 21.3 Å². The van der Waals surface area contributed by atoms with Crippen LogP contribution in [0.3, 0.4) is 0 Å². The highest BCUT2D eigenvalue weighted by Gasteiger charge is 2.01. The largest absolute Gasteiger partial charge is 0.497 e. The minimum absolute atomic E-state index is 0.835. The summed E-state index contributed by atoms with van der Waals surface area (Å²) in [6.07, 6.45) is 8.25. The number of hydrogen-bond donors (Lipinski definition) is 0. The molecule has 0 saturated heterocycles. The maximum Gasteiger partial charge on any atom is 0.126 e. The van der Waals surface area contributed by atoms with Crippen LogP contribution in [0.25, 0.3) is 24.3 Å².